The van der Waals surface area contributed by atoms with Gasteiger partial charge in [-0.3, -0.25) is 0 Å². The highest BCUT2D eigenvalue weighted by Gasteiger charge is 2.13. The van der Waals surface area contributed by atoms with E-state index in [1.807, 2.05) is 19.9 Å². The van der Waals surface area contributed by atoms with Gasteiger partial charge in [-0.25, -0.2) is 9.97 Å². The number of nitrogens with zero attached hydrogens (tertiary/aromatic N) is 3. The van der Waals surface area contributed by atoms with Crippen molar-refractivity contribution in [2.75, 3.05) is 26.0 Å². The molecule has 0 saturated carbocycles. The molecule has 1 aromatic heterocycles. The number of hydrogen-bond donors (Lipinski definition) is 1. The fraction of sp³-hybridized carbons (Fsp3) is 0.714. The summed E-state index contributed by atoms with van der Waals surface area (Å²) in [6.45, 7) is 9.45. The minimum Gasteiger partial charge on any atom is -0.366 e. The SMILES string of the molecule is Cc1cc(NC(CC(C)C)CN(C)C)nc(C)n1. The van der Waals surface area contributed by atoms with Crippen LogP contribution in [0.15, 0.2) is 6.07 Å². The van der Waals surface area contributed by atoms with Crippen molar-refractivity contribution < 1.29 is 0 Å². The first-order valence-electron chi connectivity index (χ1n) is 6.60. The van der Waals surface area contributed by atoms with Crippen LogP contribution in [0.2, 0.25) is 0 Å². The fourth-order valence-corrected chi connectivity index (χ4v) is 2.19. The van der Waals surface area contributed by atoms with Crippen LogP contribution in [-0.4, -0.2) is 41.5 Å². The van der Waals surface area contributed by atoms with Gasteiger partial charge in [0.2, 0.25) is 0 Å². The van der Waals surface area contributed by atoms with E-state index in [1.165, 1.54) is 0 Å². The molecule has 1 N–H and O–H groups in total. The smallest absolute Gasteiger partial charge is 0.130 e. The second-order valence-corrected chi connectivity index (χ2v) is 5.67. The van der Waals surface area contributed by atoms with E-state index in [9.17, 15) is 0 Å². The summed E-state index contributed by atoms with van der Waals surface area (Å²) in [6.07, 6.45) is 1.14. The van der Waals surface area contributed by atoms with Gasteiger partial charge in [0.25, 0.3) is 0 Å². The first-order chi connectivity index (χ1) is 8.36. The first kappa shape index (κ1) is 14.9. The van der Waals surface area contributed by atoms with Crippen molar-refractivity contribution in [3.8, 4) is 0 Å². The summed E-state index contributed by atoms with van der Waals surface area (Å²) in [5, 5.41) is 3.53. The lowest BCUT2D eigenvalue weighted by molar-refractivity contribution is 0.356. The highest BCUT2D eigenvalue weighted by Crippen LogP contribution is 2.13. The summed E-state index contributed by atoms with van der Waals surface area (Å²) in [7, 11) is 4.21. The molecular formula is C14H26N4. The molecule has 4 heteroatoms. The van der Waals surface area contributed by atoms with E-state index in [0.717, 1.165) is 30.3 Å². The summed E-state index contributed by atoms with van der Waals surface area (Å²) >= 11 is 0. The number of aryl methyl sites for hydroxylation is 2. The molecule has 4 nitrogen and oxygen atoms in total. The average Bonchev–Trinajstić information content (AvgIpc) is 2.12. The third kappa shape index (κ3) is 5.45. The van der Waals surface area contributed by atoms with Crippen molar-refractivity contribution in [2.45, 2.75) is 40.2 Å². The molecule has 0 aliphatic rings. The Bertz CT molecular complexity index is 344. The Hall–Kier alpha value is -1.16. The van der Waals surface area contributed by atoms with Gasteiger partial charge in [0, 0.05) is 24.3 Å². The molecule has 0 saturated heterocycles. The summed E-state index contributed by atoms with van der Waals surface area (Å²) in [4.78, 5) is 11.0. The Labute approximate surface area is 111 Å². The van der Waals surface area contributed by atoms with Gasteiger partial charge in [-0.15, -0.1) is 0 Å². The maximum Gasteiger partial charge on any atom is 0.130 e. The predicted molar refractivity (Wildman–Crippen MR) is 76.9 cm³/mol. The molecule has 0 aliphatic carbocycles. The van der Waals surface area contributed by atoms with Crippen LogP contribution >= 0.6 is 0 Å². The van der Waals surface area contributed by atoms with Gasteiger partial charge >= 0.3 is 0 Å². The van der Waals surface area contributed by atoms with Gasteiger partial charge < -0.3 is 10.2 Å². The van der Waals surface area contributed by atoms with E-state index in [-0.39, 0.29) is 0 Å². The van der Waals surface area contributed by atoms with Crippen LogP contribution in [0, 0.1) is 19.8 Å². The van der Waals surface area contributed by atoms with E-state index in [4.69, 9.17) is 0 Å². The van der Waals surface area contributed by atoms with Crippen LogP contribution in [0.1, 0.15) is 31.8 Å². The molecule has 0 aliphatic heterocycles. The zero-order valence-corrected chi connectivity index (χ0v) is 12.5. The van der Waals surface area contributed by atoms with E-state index < -0.39 is 0 Å². The molecule has 1 rings (SSSR count). The standard InChI is InChI=1S/C14H26N4/c1-10(2)7-13(9-18(5)6)17-14-8-11(3)15-12(4)16-14/h8,10,13H,7,9H2,1-6H3,(H,15,16,17). The van der Waals surface area contributed by atoms with Gasteiger partial charge in [-0.2, -0.15) is 0 Å². The van der Waals surface area contributed by atoms with E-state index in [0.29, 0.717) is 12.0 Å². The maximum atomic E-state index is 4.45. The van der Waals surface area contributed by atoms with Crippen molar-refractivity contribution in [2.24, 2.45) is 5.92 Å². The first-order valence-corrected chi connectivity index (χ1v) is 6.60. The minimum atomic E-state index is 0.425. The van der Waals surface area contributed by atoms with Crippen LogP contribution in [0.5, 0.6) is 0 Å². The molecule has 0 bridgehead atoms. The van der Waals surface area contributed by atoms with Gasteiger partial charge in [0.1, 0.15) is 11.6 Å². The lowest BCUT2D eigenvalue weighted by Crippen LogP contribution is -2.33. The number of anilines is 1. The van der Waals surface area contributed by atoms with Crippen molar-refractivity contribution in [1.29, 1.82) is 0 Å². The van der Waals surface area contributed by atoms with Crippen LogP contribution in [0.3, 0.4) is 0 Å². The minimum absolute atomic E-state index is 0.425. The Balaban J connectivity index is 2.74. The molecule has 0 radical (unpaired) electrons. The third-order valence-electron chi connectivity index (χ3n) is 2.66. The lowest BCUT2D eigenvalue weighted by Gasteiger charge is -2.24. The number of rotatable bonds is 6. The number of likely N-dealkylation sites (N-methyl/N-ethyl adjacent to an activating group) is 1. The van der Waals surface area contributed by atoms with Crippen LogP contribution in [-0.2, 0) is 0 Å². The molecule has 1 unspecified atom stereocenters. The van der Waals surface area contributed by atoms with Gasteiger partial charge in [0.15, 0.2) is 0 Å². The zero-order valence-electron chi connectivity index (χ0n) is 12.5. The Morgan fingerprint density at radius 3 is 2.39 bits per heavy atom. The Morgan fingerprint density at radius 1 is 1.22 bits per heavy atom. The zero-order chi connectivity index (χ0) is 13.7. The molecule has 1 atom stereocenters. The Kier molecular flexibility index (Phi) is 5.54. The Morgan fingerprint density at radius 2 is 1.89 bits per heavy atom. The normalized spacial score (nSPS) is 13.1. The molecule has 0 aromatic carbocycles. The summed E-state index contributed by atoms with van der Waals surface area (Å²) in [5.41, 5.74) is 1.01. The van der Waals surface area contributed by atoms with E-state index >= 15 is 0 Å². The van der Waals surface area contributed by atoms with Gasteiger partial charge in [-0.1, -0.05) is 13.8 Å². The molecule has 102 valence electrons. The van der Waals surface area contributed by atoms with E-state index in [1.54, 1.807) is 0 Å². The summed E-state index contributed by atoms with van der Waals surface area (Å²) < 4.78 is 0. The fourth-order valence-electron chi connectivity index (χ4n) is 2.19. The number of nitrogens with one attached hydrogen (secondary N) is 1. The highest BCUT2D eigenvalue weighted by molar-refractivity contribution is 5.37. The largest absolute Gasteiger partial charge is 0.366 e. The van der Waals surface area contributed by atoms with E-state index in [2.05, 4.69) is 48.1 Å². The average molecular weight is 250 g/mol. The van der Waals surface area contributed by atoms with Crippen LogP contribution in [0.4, 0.5) is 5.82 Å². The monoisotopic (exact) mass is 250 g/mol. The summed E-state index contributed by atoms with van der Waals surface area (Å²) in [6, 6.07) is 2.43. The van der Waals surface area contributed by atoms with Crippen molar-refractivity contribution in [3.05, 3.63) is 17.6 Å². The predicted octanol–water partition coefficient (Wildman–Crippen LogP) is 2.48. The number of aromatic nitrogens is 2. The lowest BCUT2D eigenvalue weighted by atomic mass is 10.0. The molecular weight excluding hydrogens is 224 g/mol. The highest BCUT2D eigenvalue weighted by atomic mass is 15.1. The molecule has 0 amide bonds. The molecule has 1 aromatic rings. The molecule has 18 heavy (non-hydrogen) atoms. The molecule has 0 fully saturated rings. The second-order valence-electron chi connectivity index (χ2n) is 5.67. The molecule has 1 heterocycles. The van der Waals surface area contributed by atoms with Crippen molar-refractivity contribution in [3.63, 3.8) is 0 Å². The van der Waals surface area contributed by atoms with Crippen molar-refractivity contribution in [1.82, 2.24) is 14.9 Å². The van der Waals surface area contributed by atoms with Crippen LogP contribution in [0.25, 0.3) is 0 Å². The van der Waals surface area contributed by atoms with Gasteiger partial charge in [-0.05, 0) is 40.3 Å². The topological polar surface area (TPSA) is 41.0 Å². The quantitative estimate of drug-likeness (QED) is 0.842. The molecule has 0 spiro atoms. The second kappa shape index (κ2) is 6.69. The van der Waals surface area contributed by atoms with Crippen molar-refractivity contribution >= 4 is 5.82 Å². The summed E-state index contributed by atoms with van der Waals surface area (Å²) in [5.74, 6) is 2.43. The third-order valence-corrected chi connectivity index (χ3v) is 2.66. The van der Waals surface area contributed by atoms with Crippen LogP contribution < -0.4 is 5.32 Å². The number of hydrogen-bond acceptors (Lipinski definition) is 4. The maximum absolute atomic E-state index is 4.45. The van der Waals surface area contributed by atoms with Gasteiger partial charge in [0.05, 0.1) is 0 Å².